The molecule has 2 saturated heterocycles. The number of hydrogen-bond donors (Lipinski definition) is 2. The zero-order chi connectivity index (χ0) is 19.1. The number of halogens is 1. The van der Waals surface area contributed by atoms with Crippen molar-refractivity contribution in [2.75, 3.05) is 64.4 Å². The lowest BCUT2D eigenvalue weighted by Crippen LogP contribution is -2.48. The molecule has 0 atom stereocenters. The number of hydrogen-bond acceptors (Lipinski definition) is 6. The fourth-order valence-electron chi connectivity index (χ4n) is 3.88. The Morgan fingerprint density at radius 2 is 1.96 bits per heavy atom. The smallest absolute Gasteiger partial charge is 0.339 e. The number of carbonyl (C=O) groups excluding carboxylic acids is 1. The van der Waals surface area contributed by atoms with Gasteiger partial charge in [0.1, 0.15) is 0 Å². The molecule has 0 saturated carbocycles. The average Bonchev–Trinajstić information content (AvgIpc) is 2.73. The van der Waals surface area contributed by atoms with Gasteiger partial charge in [0.05, 0.1) is 19.2 Å². The van der Waals surface area contributed by atoms with Crippen molar-refractivity contribution < 1.29 is 9.53 Å². The molecule has 3 rings (SSSR count). The number of ether oxygens (including phenoxy) is 1. The number of nitrogens with zero attached hydrogens (tertiary/aromatic N) is 2. The molecule has 3 N–H and O–H groups in total. The third kappa shape index (κ3) is 5.86. The van der Waals surface area contributed by atoms with Crippen molar-refractivity contribution in [3.8, 4) is 11.8 Å². The van der Waals surface area contributed by atoms with Crippen LogP contribution in [0.2, 0.25) is 0 Å². The molecule has 0 bridgehead atoms. The van der Waals surface area contributed by atoms with E-state index < -0.39 is 0 Å². The summed E-state index contributed by atoms with van der Waals surface area (Å²) < 4.78 is 4.87. The van der Waals surface area contributed by atoms with Gasteiger partial charge in [-0.3, -0.25) is 4.90 Å². The highest BCUT2D eigenvalue weighted by molar-refractivity contribution is 5.93. The van der Waals surface area contributed by atoms with Crippen molar-refractivity contribution in [2.24, 2.45) is 11.7 Å². The summed E-state index contributed by atoms with van der Waals surface area (Å²) in [4.78, 5) is 16.9. The van der Waals surface area contributed by atoms with E-state index in [4.69, 9.17) is 10.5 Å². The van der Waals surface area contributed by atoms with Gasteiger partial charge in [-0.2, -0.15) is 0 Å². The lowest BCUT2D eigenvalue weighted by molar-refractivity contribution is 0.0600. The Hall–Kier alpha value is -1.78. The van der Waals surface area contributed by atoms with Crippen molar-refractivity contribution in [1.82, 2.24) is 10.2 Å². The van der Waals surface area contributed by atoms with Gasteiger partial charge in [-0.05, 0) is 50.0 Å². The van der Waals surface area contributed by atoms with Crippen LogP contribution in [0.4, 0.5) is 5.69 Å². The summed E-state index contributed by atoms with van der Waals surface area (Å²) in [6.45, 7) is 7.93. The van der Waals surface area contributed by atoms with Gasteiger partial charge in [-0.15, -0.1) is 12.4 Å². The predicted molar refractivity (Wildman–Crippen MR) is 115 cm³/mol. The van der Waals surface area contributed by atoms with Gasteiger partial charge in [0.25, 0.3) is 0 Å². The normalized spacial score (nSPS) is 18.0. The minimum Gasteiger partial charge on any atom is -0.465 e. The average molecular weight is 407 g/mol. The van der Waals surface area contributed by atoms with E-state index in [1.54, 1.807) is 0 Å². The highest BCUT2D eigenvalue weighted by Gasteiger charge is 2.22. The quantitative estimate of drug-likeness (QED) is 0.580. The Labute approximate surface area is 174 Å². The van der Waals surface area contributed by atoms with Gasteiger partial charge in [-0.25, -0.2) is 4.79 Å². The zero-order valence-corrected chi connectivity index (χ0v) is 17.4. The summed E-state index contributed by atoms with van der Waals surface area (Å²) in [5, 5.41) is 3.44. The zero-order valence-electron chi connectivity index (χ0n) is 16.6. The lowest BCUT2D eigenvalue weighted by atomic mass is 9.97. The van der Waals surface area contributed by atoms with Crippen LogP contribution in [0.5, 0.6) is 0 Å². The number of anilines is 1. The van der Waals surface area contributed by atoms with Gasteiger partial charge >= 0.3 is 5.97 Å². The standard InChI is InChI=1S/C21H30N4O2.ClH/c1-27-21(26)20-5-4-19(15-18(20)3-2-8-22)25-13-11-24(12-14-25)16-17-6-9-23-10-7-17;/h4-5,15,17,23H,6-14,16,22H2,1H3;1H. The SMILES string of the molecule is COC(=O)c1ccc(N2CCN(CC3CCNCC3)CC2)cc1C#CCN.Cl. The fourth-order valence-corrected chi connectivity index (χ4v) is 3.88. The van der Waals surface area contributed by atoms with Crippen LogP contribution < -0.4 is 16.0 Å². The van der Waals surface area contributed by atoms with Crippen LogP contribution in [0.3, 0.4) is 0 Å². The van der Waals surface area contributed by atoms with E-state index in [2.05, 4.69) is 27.0 Å². The number of benzene rings is 1. The maximum Gasteiger partial charge on any atom is 0.339 e. The van der Waals surface area contributed by atoms with E-state index in [1.165, 1.54) is 26.5 Å². The van der Waals surface area contributed by atoms with Crippen LogP contribution in [0.1, 0.15) is 28.8 Å². The van der Waals surface area contributed by atoms with Crippen molar-refractivity contribution in [2.45, 2.75) is 12.8 Å². The second-order valence-electron chi connectivity index (χ2n) is 7.21. The van der Waals surface area contributed by atoms with Crippen molar-refractivity contribution in [1.29, 1.82) is 0 Å². The number of nitrogens with two attached hydrogens (primary N) is 1. The molecule has 2 fully saturated rings. The van der Waals surface area contributed by atoms with Crippen molar-refractivity contribution >= 4 is 24.1 Å². The molecular formula is C21H31ClN4O2. The van der Waals surface area contributed by atoms with E-state index in [0.717, 1.165) is 50.9 Å². The molecule has 0 amide bonds. The molecule has 2 heterocycles. The molecule has 2 aliphatic rings. The maximum atomic E-state index is 12.0. The number of piperazine rings is 1. The third-order valence-electron chi connectivity index (χ3n) is 5.45. The first-order valence-electron chi connectivity index (χ1n) is 9.80. The molecule has 28 heavy (non-hydrogen) atoms. The minimum atomic E-state index is -0.366. The van der Waals surface area contributed by atoms with Gasteiger partial charge in [0.15, 0.2) is 0 Å². The highest BCUT2D eigenvalue weighted by Crippen LogP contribution is 2.22. The summed E-state index contributed by atoms with van der Waals surface area (Å²) in [7, 11) is 1.39. The second kappa shape index (κ2) is 11.3. The summed E-state index contributed by atoms with van der Waals surface area (Å²) in [6, 6.07) is 5.78. The van der Waals surface area contributed by atoms with Crippen molar-refractivity contribution in [3.63, 3.8) is 0 Å². The molecule has 0 aromatic heterocycles. The van der Waals surface area contributed by atoms with E-state index in [0.29, 0.717) is 11.1 Å². The number of methoxy groups -OCH3 is 1. The van der Waals surface area contributed by atoms with E-state index >= 15 is 0 Å². The number of nitrogens with one attached hydrogen (secondary N) is 1. The minimum absolute atomic E-state index is 0. The first-order valence-corrected chi connectivity index (χ1v) is 9.80. The molecule has 154 valence electrons. The molecule has 0 radical (unpaired) electrons. The number of carbonyl (C=O) groups is 1. The summed E-state index contributed by atoms with van der Waals surface area (Å²) in [5.74, 6) is 6.32. The topological polar surface area (TPSA) is 70.8 Å². The number of esters is 1. The molecule has 6 nitrogen and oxygen atoms in total. The number of piperidine rings is 1. The largest absolute Gasteiger partial charge is 0.465 e. The van der Waals surface area contributed by atoms with Gasteiger partial charge in [0, 0.05) is 44.0 Å². The van der Waals surface area contributed by atoms with Crippen molar-refractivity contribution in [3.05, 3.63) is 29.3 Å². The first kappa shape index (κ1) is 22.5. The Balaban J connectivity index is 0.00000280. The van der Waals surface area contributed by atoms with Gasteiger partial charge < -0.3 is 20.7 Å². The van der Waals surface area contributed by atoms with E-state index in [-0.39, 0.29) is 24.9 Å². The number of rotatable bonds is 4. The molecule has 1 aromatic carbocycles. The Morgan fingerprint density at radius 1 is 1.25 bits per heavy atom. The van der Waals surface area contributed by atoms with Crippen LogP contribution in [0.15, 0.2) is 18.2 Å². The van der Waals surface area contributed by atoms with E-state index in [9.17, 15) is 4.79 Å². The maximum absolute atomic E-state index is 12.0. The first-order chi connectivity index (χ1) is 13.2. The van der Waals surface area contributed by atoms with Crippen LogP contribution in [0, 0.1) is 17.8 Å². The fraction of sp³-hybridized carbons (Fsp3) is 0.571. The Bertz CT molecular complexity index is 702. The van der Waals surface area contributed by atoms with Crippen LogP contribution in [-0.2, 0) is 4.74 Å². The summed E-state index contributed by atoms with van der Waals surface area (Å²) >= 11 is 0. The Kier molecular flexibility index (Phi) is 9.07. The van der Waals surface area contributed by atoms with Gasteiger partial charge in [0.2, 0.25) is 0 Å². The highest BCUT2D eigenvalue weighted by atomic mass is 35.5. The second-order valence-corrected chi connectivity index (χ2v) is 7.21. The van der Waals surface area contributed by atoms with Crippen LogP contribution >= 0.6 is 12.4 Å². The van der Waals surface area contributed by atoms with Gasteiger partial charge in [-0.1, -0.05) is 11.8 Å². The molecule has 1 aromatic rings. The monoisotopic (exact) mass is 406 g/mol. The summed E-state index contributed by atoms with van der Waals surface area (Å²) in [5.41, 5.74) is 7.78. The molecular weight excluding hydrogens is 376 g/mol. The molecule has 0 unspecified atom stereocenters. The third-order valence-corrected chi connectivity index (χ3v) is 5.45. The summed E-state index contributed by atoms with van der Waals surface area (Å²) in [6.07, 6.45) is 2.58. The molecule has 0 spiro atoms. The molecule has 0 aliphatic carbocycles. The van der Waals surface area contributed by atoms with Crippen LogP contribution in [-0.4, -0.2) is 70.3 Å². The molecule has 2 aliphatic heterocycles. The van der Waals surface area contributed by atoms with Crippen LogP contribution in [0.25, 0.3) is 0 Å². The Morgan fingerprint density at radius 3 is 2.61 bits per heavy atom. The molecule has 7 heteroatoms. The lowest BCUT2D eigenvalue weighted by Gasteiger charge is -2.38. The predicted octanol–water partition coefficient (Wildman–Crippen LogP) is 1.33. The van der Waals surface area contributed by atoms with E-state index in [1.807, 2.05) is 18.2 Å².